The molecule has 0 radical (unpaired) electrons. The molecule has 3 rings (SSSR count). The molecule has 0 aromatic carbocycles. The lowest BCUT2D eigenvalue weighted by molar-refractivity contribution is 0.0467. The number of nitrogens with one attached hydrogen (secondary N) is 1. The molecule has 2 saturated carbocycles. The van der Waals surface area contributed by atoms with E-state index in [0.717, 1.165) is 23.9 Å². The Balaban J connectivity index is 1.59. The van der Waals surface area contributed by atoms with Crippen LogP contribution in [-0.2, 0) is 0 Å². The lowest BCUT2D eigenvalue weighted by Gasteiger charge is -2.46. The molecule has 1 unspecified atom stereocenters. The maximum Gasteiger partial charge on any atom is 0.0223 e. The van der Waals surface area contributed by atoms with Gasteiger partial charge >= 0.3 is 0 Å². The Morgan fingerprint density at radius 1 is 0.952 bits per heavy atom. The summed E-state index contributed by atoms with van der Waals surface area (Å²) in [5, 5.41) is 3.91. The van der Waals surface area contributed by atoms with Crippen LogP contribution in [0.15, 0.2) is 0 Å². The summed E-state index contributed by atoms with van der Waals surface area (Å²) in [6, 6.07) is 1.70. The zero-order chi connectivity index (χ0) is 14.5. The minimum Gasteiger partial charge on any atom is -0.312 e. The molecule has 2 heteroatoms. The van der Waals surface area contributed by atoms with Crippen molar-refractivity contribution in [2.75, 3.05) is 19.6 Å². The van der Waals surface area contributed by atoms with Crippen molar-refractivity contribution in [3.8, 4) is 0 Å². The van der Waals surface area contributed by atoms with Crippen molar-refractivity contribution in [2.45, 2.75) is 89.6 Å². The van der Waals surface area contributed by atoms with Gasteiger partial charge in [0, 0.05) is 18.6 Å². The molecule has 3 fully saturated rings. The number of fused-ring (bicyclic) bond motifs is 1. The van der Waals surface area contributed by atoms with Gasteiger partial charge in [0.2, 0.25) is 0 Å². The minimum absolute atomic E-state index is 0.771. The van der Waals surface area contributed by atoms with E-state index in [0.29, 0.717) is 0 Å². The maximum atomic E-state index is 3.91. The largest absolute Gasteiger partial charge is 0.312 e. The van der Waals surface area contributed by atoms with E-state index in [9.17, 15) is 0 Å². The van der Waals surface area contributed by atoms with Gasteiger partial charge in [0.15, 0.2) is 0 Å². The molecule has 0 aromatic heterocycles. The van der Waals surface area contributed by atoms with Gasteiger partial charge in [-0.15, -0.1) is 0 Å². The van der Waals surface area contributed by atoms with Crippen LogP contribution in [0.5, 0.6) is 0 Å². The highest BCUT2D eigenvalue weighted by Crippen LogP contribution is 2.36. The summed E-state index contributed by atoms with van der Waals surface area (Å²) in [6.07, 6.45) is 16.1. The standard InChI is InChI=1S/C19H36N2/c1-2-13-20-18(16-8-3-4-9-16)15-21-14-7-11-17-10-5-6-12-19(17)21/h16-20H,2-15H2,1H3/t17-,18?,19-/m1/s1. The molecule has 3 aliphatic rings. The van der Waals surface area contributed by atoms with E-state index in [1.165, 1.54) is 90.3 Å². The van der Waals surface area contributed by atoms with E-state index >= 15 is 0 Å². The highest BCUT2D eigenvalue weighted by atomic mass is 15.2. The van der Waals surface area contributed by atoms with Gasteiger partial charge in [-0.2, -0.15) is 0 Å². The minimum atomic E-state index is 0.771. The molecule has 21 heavy (non-hydrogen) atoms. The monoisotopic (exact) mass is 292 g/mol. The lowest BCUT2D eigenvalue weighted by Crippen LogP contribution is -2.53. The van der Waals surface area contributed by atoms with Crippen molar-refractivity contribution < 1.29 is 0 Å². The topological polar surface area (TPSA) is 15.3 Å². The number of hydrogen-bond donors (Lipinski definition) is 1. The Bertz CT molecular complexity index is 296. The predicted octanol–water partition coefficient (Wildman–Crippen LogP) is 4.20. The van der Waals surface area contributed by atoms with Crippen LogP contribution in [-0.4, -0.2) is 36.6 Å². The zero-order valence-electron chi connectivity index (χ0n) is 14.2. The number of rotatable bonds is 6. The van der Waals surface area contributed by atoms with Crippen LogP contribution in [0.25, 0.3) is 0 Å². The molecule has 0 amide bonds. The fourth-order valence-electron chi connectivity index (χ4n) is 5.28. The molecule has 2 aliphatic carbocycles. The first kappa shape index (κ1) is 15.8. The van der Waals surface area contributed by atoms with Crippen LogP contribution in [0.3, 0.4) is 0 Å². The Kier molecular flexibility index (Phi) is 5.99. The first-order valence-corrected chi connectivity index (χ1v) is 9.86. The van der Waals surface area contributed by atoms with Gasteiger partial charge in [-0.1, -0.05) is 32.6 Å². The van der Waals surface area contributed by atoms with Crippen molar-refractivity contribution in [2.24, 2.45) is 11.8 Å². The quantitative estimate of drug-likeness (QED) is 0.789. The van der Waals surface area contributed by atoms with E-state index in [1.54, 1.807) is 0 Å². The first-order chi connectivity index (χ1) is 10.4. The number of hydrogen-bond acceptors (Lipinski definition) is 2. The van der Waals surface area contributed by atoms with Gasteiger partial charge < -0.3 is 5.32 Å². The van der Waals surface area contributed by atoms with Crippen molar-refractivity contribution >= 4 is 0 Å². The lowest BCUT2D eigenvalue weighted by atomic mass is 9.78. The van der Waals surface area contributed by atoms with E-state index in [-0.39, 0.29) is 0 Å². The van der Waals surface area contributed by atoms with Gasteiger partial charge in [-0.3, -0.25) is 4.90 Å². The average molecular weight is 293 g/mol. The second-order valence-corrected chi connectivity index (χ2v) is 7.85. The Labute approximate surface area is 132 Å². The Morgan fingerprint density at radius 3 is 2.48 bits per heavy atom. The normalized spacial score (nSPS) is 33.0. The molecule has 1 N–H and O–H groups in total. The summed E-state index contributed by atoms with van der Waals surface area (Å²) < 4.78 is 0. The number of piperidine rings is 1. The third-order valence-electron chi connectivity index (χ3n) is 6.41. The predicted molar refractivity (Wildman–Crippen MR) is 90.6 cm³/mol. The maximum absolute atomic E-state index is 3.91. The highest BCUT2D eigenvalue weighted by Gasteiger charge is 2.35. The van der Waals surface area contributed by atoms with Crippen LogP contribution in [0, 0.1) is 11.8 Å². The first-order valence-electron chi connectivity index (χ1n) is 9.86. The van der Waals surface area contributed by atoms with Crippen molar-refractivity contribution in [1.82, 2.24) is 10.2 Å². The second-order valence-electron chi connectivity index (χ2n) is 7.85. The summed E-state index contributed by atoms with van der Waals surface area (Å²) >= 11 is 0. The SMILES string of the molecule is CCCNC(CN1CCC[C@H]2CCCC[C@H]21)C1CCCC1. The summed E-state index contributed by atoms with van der Waals surface area (Å²) in [7, 11) is 0. The van der Waals surface area contributed by atoms with E-state index in [2.05, 4.69) is 17.1 Å². The summed E-state index contributed by atoms with van der Waals surface area (Å²) in [5.74, 6) is 1.99. The molecule has 0 bridgehead atoms. The third kappa shape index (κ3) is 4.01. The third-order valence-corrected chi connectivity index (χ3v) is 6.41. The van der Waals surface area contributed by atoms with Gasteiger partial charge in [-0.25, -0.2) is 0 Å². The average Bonchev–Trinajstić information content (AvgIpc) is 3.06. The molecule has 2 nitrogen and oxygen atoms in total. The molecule has 122 valence electrons. The molecule has 0 spiro atoms. The van der Waals surface area contributed by atoms with Gasteiger partial charge in [-0.05, 0) is 69.9 Å². The van der Waals surface area contributed by atoms with E-state index in [1.807, 2.05) is 0 Å². The molecular formula is C19H36N2. The van der Waals surface area contributed by atoms with Crippen LogP contribution >= 0.6 is 0 Å². The molecule has 1 saturated heterocycles. The van der Waals surface area contributed by atoms with Crippen LogP contribution in [0.2, 0.25) is 0 Å². The fraction of sp³-hybridized carbons (Fsp3) is 1.00. The summed E-state index contributed by atoms with van der Waals surface area (Å²) in [6.45, 7) is 6.23. The highest BCUT2D eigenvalue weighted by molar-refractivity contribution is 4.91. The van der Waals surface area contributed by atoms with Crippen LogP contribution in [0.1, 0.15) is 77.6 Å². The smallest absolute Gasteiger partial charge is 0.0223 e. The van der Waals surface area contributed by atoms with Crippen LogP contribution < -0.4 is 5.32 Å². The van der Waals surface area contributed by atoms with E-state index < -0.39 is 0 Å². The Morgan fingerprint density at radius 2 is 1.67 bits per heavy atom. The van der Waals surface area contributed by atoms with Crippen molar-refractivity contribution in [3.63, 3.8) is 0 Å². The summed E-state index contributed by atoms with van der Waals surface area (Å²) in [4.78, 5) is 2.90. The number of likely N-dealkylation sites (tertiary alicyclic amines) is 1. The van der Waals surface area contributed by atoms with Gasteiger partial charge in [0.05, 0.1) is 0 Å². The van der Waals surface area contributed by atoms with Gasteiger partial charge in [0.1, 0.15) is 0 Å². The second kappa shape index (κ2) is 7.97. The van der Waals surface area contributed by atoms with Crippen molar-refractivity contribution in [3.05, 3.63) is 0 Å². The van der Waals surface area contributed by atoms with Gasteiger partial charge in [0.25, 0.3) is 0 Å². The number of nitrogens with zero attached hydrogens (tertiary/aromatic N) is 1. The van der Waals surface area contributed by atoms with E-state index in [4.69, 9.17) is 0 Å². The Hall–Kier alpha value is -0.0800. The fourth-order valence-corrected chi connectivity index (χ4v) is 5.28. The molecule has 1 heterocycles. The van der Waals surface area contributed by atoms with Crippen LogP contribution in [0.4, 0.5) is 0 Å². The molecular weight excluding hydrogens is 256 g/mol. The zero-order valence-corrected chi connectivity index (χ0v) is 14.2. The molecule has 3 atom stereocenters. The molecule has 1 aliphatic heterocycles. The summed E-state index contributed by atoms with van der Waals surface area (Å²) in [5.41, 5.74) is 0. The molecule has 0 aromatic rings. The van der Waals surface area contributed by atoms with Crippen molar-refractivity contribution in [1.29, 1.82) is 0 Å².